The molecule has 0 spiro atoms. The third kappa shape index (κ3) is 3.00. The molecule has 106 valence electrons. The summed E-state index contributed by atoms with van der Waals surface area (Å²) in [4.78, 5) is 14.0. The summed E-state index contributed by atoms with van der Waals surface area (Å²) in [6.45, 7) is 5.05. The summed E-state index contributed by atoms with van der Waals surface area (Å²) in [6.07, 6.45) is 1.67. The molecule has 0 bridgehead atoms. The number of anilines is 1. The molecule has 1 aromatic heterocycles. The summed E-state index contributed by atoms with van der Waals surface area (Å²) in [5.41, 5.74) is 7.00. The zero-order valence-corrected chi connectivity index (χ0v) is 11.5. The molecule has 20 heavy (non-hydrogen) atoms. The molecule has 0 radical (unpaired) electrons. The summed E-state index contributed by atoms with van der Waals surface area (Å²) in [5, 5.41) is 0.818. The third-order valence-electron chi connectivity index (χ3n) is 2.95. The highest BCUT2D eigenvalue weighted by Crippen LogP contribution is 2.22. The highest BCUT2D eigenvalue weighted by atomic mass is 16.5. The van der Waals surface area contributed by atoms with Gasteiger partial charge in [0.15, 0.2) is 5.76 Å². The van der Waals surface area contributed by atoms with Crippen LogP contribution in [0.25, 0.3) is 11.0 Å². The van der Waals surface area contributed by atoms with Crippen LogP contribution in [0, 0.1) is 0 Å². The SMILES string of the molecule is C=CCN(CCOC)C(=O)c1cc2cc(N)ccc2o1. The fourth-order valence-corrected chi connectivity index (χ4v) is 1.96. The molecule has 0 fully saturated rings. The van der Waals surface area contributed by atoms with Gasteiger partial charge in [0.1, 0.15) is 5.58 Å². The fourth-order valence-electron chi connectivity index (χ4n) is 1.96. The molecule has 0 aliphatic rings. The van der Waals surface area contributed by atoms with Crippen molar-refractivity contribution in [2.75, 3.05) is 32.5 Å². The molecule has 0 saturated heterocycles. The van der Waals surface area contributed by atoms with Crippen LogP contribution in [0.2, 0.25) is 0 Å². The summed E-state index contributed by atoms with van der Waals surface area (Å²) >= 11 is 0. The number of rotatable bonds is 6. The van der Waals surface area contributed by atoms with E-state index in [1.54, 1.807) is 42.4 Å². The number of nitrogens with zero attached hydrogens (tertiary/aromatic N) is 1. The Hall–Kier alpha value is -2.27. The molecule has 0 saturated carbocycles. The maximum Gasteiger partial charge on any atom is 0.289 e. The molecular weight excluding hydrogens is 256 g/mol. The van der Waals surface area contributed by atoms with Gasteiger partial charge in [-0.2, -0.15) is 0 Å². The normalized spacial score (nSPS) is 10.7. The minimum absolute atomic E-state index is 0.184. The first-order chi connectivity index (χ1) is 9.65. The van der Waals surface area contributed by atoms with Crippen LogP contribution in [0.4, 0.5) is 5.69 Å². The summed E-state index contributed by atoms with van der Waals surface area (Å²) < 4.78 is 10.6. The van der Waals surface area contributed by atoms with Crippen molar-refractivity contribution in [2.24, 2.45) is 0 Å². The first-order valence-electron chi connectivity index (χ1n) is 6.34. The van der Waals surface area contributed by atoms with Gasteiger partial charge < -0.3 is 19.8 Å². The monoisotopic (exact) mass is 274 g/mol. The standard InChI is InChI=1S/C15H18N2O3/c1-3-6-17(7-8-19-2)15(18)14-10-11-9-12(16)4-5-13(11)20-14/h3-5,9-10H,1,6-8,16H2,2H3. The van der Waals surface area contributed by atoms with E-state index in [0.717, 1.165) is 5.39 Å². The van der Waals surface area contributed by atoms with Crippen LogP contribution < -0.4 is 5.73 Å². The average molecular weight is 274 g/mol. The van der Waals surface area contributed by atoms with Gasteiger partial charge >= 0.3 is 0 Å². The van der Waals surface area contributed by atoms with Crippen LogP contribution in [-0.4, -0.2) is 37.6 Å². The van der Waals surface area contributed by atoms with Gasteiger partial charge in [-0.1, -0.05) is 6.08 Å². The molecule has 1 heterocycles. The van der Waals surface area contributed by atoms with Crippen molar-refractivity contribution < 1.29 is 13.9 Å². The Kier molecular flexibility index (Phi) is 4.42. The Morgan fingerprint density at radius 2 is 2.30 bits per heavy atom. The summed E-state index contributed by atoms with van der Waals surface area (Å²) in [6, 6.07) is 6.99. The maximum atomic E-state index is 12.4. The Morgan fingerprint density at radius 3 is 3.00 bits per heavy atom. The average Bonchev–Trinajstić information content (AvgIpc) is 2.85. The molecular formula is C15H18N2O3. The molecule has 2 rings (SSSR count). The van der Waals surface area contributed by atoms with Crippen molar-refractivity contribution in [1.29, 1.82) is 0 Å². The van der Waals surface area contributed by atoms with E-state index in [1.807, 2.05) is 0 Å². The topological polar surface area (TPSA) is 68.7 Å². The molecule has 5 heteroatoms. The van der Waals surface area contributed by atoms with E-state index in [9.17, 15) is 4.79 Å². The molecule has 1 amide bonds. The van der Waals surface area contributed by atoms with Crippen LogP contribution in [0.15, 0.2) is 41.3 Å². The number of benzene rings is 1. The van der Waals surface area contributed by atoms with Crippen LogP contribution in [0.1, 0.15) is 10.6 Å². The van der Waals surface area contributed by atoms with Crippen LogP contribution >= 0.6 is 0 Å². The maximum absolute atomic E-state index is 12.4. The second-order valence-electron chi connectivity index (χ2n) is 4.44. The fraction of sp³-hybridized carbons (Fsp3) is 0.267. The van der Waals surface area contributed by atoms with E-state index in [2.05, 4.69) is 6.58 Å². The number of amides is 1. The van der Waals surface area contributed by atoms with Crippen LogP contribution in [-0.2, 0) is 4.74 Å². The van der Waals surface area contributed by atoms with Crippen molar-refractivity contribution in [3.8, 4) is 0 Å². The minimum atomic E-state index is -0.184. The number of nitrogen functional groups attached to an aromatic ring is 1. The lowest BCUT2D eigenvalue weighted by molar-refractivity contribution is 0.0689. The van der Waals surface area contributed by atoms with Crippen LogP contribution in [0.5, 0.6) is 0 Å². The summed E-state index contributed by atoms with van der Waals surface area (Å²) in [7, 11) is 1.60. The minimum Gasteiger partial charge on any atom is -0.451 e. The second-order valence-corrected chi connectivity index (χ2v) is 4.44. The highest BCUT2D eigenvalue weighted by Gasteiger charge is 2.18. The lowest BCUT2D eigenvalue weighted by Crippen LogP contribution is -2.33. The van der Waals surface area contributed by atoms with E-state index in [4.69, 9.17) is 14.9 Å². The van der Waals surface area contributed by atoms with Gasteiger partial charge in [-0.15, -0.1) is 6.58 Å². The Balaban J connectivity index is 2.25. The van der Waals surface area contributed by atoms with Crippen molar-refractivity contribution in [3.05, 3.63) is 42.7 Å². The number of nitrogens with two attached hydrogens (primary N) is 1. The molecule has 2 aromatic rings. The highest BCUT2D eigenvalue weighted by molar-refractivity contribution is 5.96. The van der Waals surface area contributed by atoms with Gasteiger partial charge in [-0.25, -0.2) is 0 Å². The zero-order valence-electron chi connectivity index (χ0n) is 11.5. The first-order valence-corrected chi connectivity index (χ1v) is 6.34. The predicted molar refractivity (Wildman–Crippen MR) is 78.6 cm³/mol. The lowest BCUT2D eigenvalue weighted by atomic mass is 10.2. The zero-order chi connectivity index (χ0) is 14.5. The number of hydrogen-bond donors (Lipinski definition) is 1. The molecule has 1 aromatic carbocycles. The van der Waals surface area contributed by atoms with Crippen molar-refractivity contribution in [3.63, 3.8) is 0 Å². The lowest BCUT2D eigenvalue weighted by Gasteiger charge is -2.19. The Bertz CT molecular complexity index is 619. The first kappa shape index (κ1) is 14.1. The molecule has 0 atom stereocenters. The Morgan fingerprint density at radius 1 is 1.50 bits per heavy atom. The molecule has 0 aliphatic carbocycles. The van der Waals surface area contributed by atoms with Crippen LogP contribution in [0.3, 0.4) is 0 Å². The van der Waals surface area contributed by atoms with E-state index >= 15 is 0 Å². The predicted octanol–water partition coefficient (Wildman–Crippen LogP) is 2.29. The molecule has 0 unspecified atom stereocenters. The van der Waals surface area contributed by atoms with E-state index in [-0.39, 0.29) is 5.91 Å². The van der Waals surface area contributed by atoms with E-state index in [1.165, 1.54) is 0 Å². The van der Waals surface area contributed by atoms with Gasteiger partial charge in [0.2, 0.25) is 0 Å². The molecule has 5 nitrogen and oxygen atoms in total. The number of carbonyl (C=O) groups excluding carboxylic acids is 1. The number of carbonyl (C=O) groups is 1. The number of hydrogen-bond acceptors (Lipinski definition) is 4. The summed E-state index contributed by atoms with van der Waals surface area (Å²) in [5.74, 6) is 0.111. The van der Waals surface area contributed by atoms with Gasteiger partial charge in [-0.3, -0.25) is 4.79 Å². The molecule has 2 N–H and O–H groups in total. The van der Waals surface area contributed by atoms with Crippen molar-refractivity contribution >= 4 is 22.6 Å². The Labute approximate surface area is 117 Å². The van der Waals surface area contributed by atoms with Gasteiger partial charge in [-0.05, 0) is 24.3 Å². The largest absolute Gasteiger partial charge is 0.451 e. The number of furan rings is 1. The van der Waals surface area contributed by atoms with Gasteiger partial charge in [0.05, 0.1) is 6.61 Å². The second kappa shape index (κ2) is 6.25. The van der Waals surface area contributed by atoms with Gasteiger partial charge in [0.25, 0.3) is 5.91 Å². The van der Waals surface area contributed by atoms with Gasteiger partial charge in [0, 0.05) is 31.3 Å². The van der Waals surface area contributed by atoms with E-state index in [0.29, 0.717) is 36.7 Å². The number of methoxy groups -OCH3 is 1. The van der Waals surface area contributed by atoms with Crippen molar-refractivity contribution in [1.82, 2.24) is 4.90 Å². The third-order valence-corrected chi connectivity index (χ3v) is 2.95. The number of ether oxygens (including phenoxy) is 1. The molecule has 0 aliphatic heterocycles. The smallest absolute Gasteiger partial charge is 0.289 e. The number of fused-ring (bicyclic) bond motifs is 1. The van der Waals surface area contributed by atoms with E-state index < -0.39 is 0 Å². The van der Waals surface area contributed by atoms with Crippen molar-refractivity contribution in [2.45, 2.75) is 0 Å². The quantitative estimate of drug-likeness (QED) is 0.648.